The van der Waals surface area contributed by atoms with E-state index in [0.717, 1.165) is 5.69 Å². The molecule has 0 bridgehead atoms. The minimum absolute atomic E-state index is 0.257. The van der Waals surface area contributed by atoms with Crippen LogP contribution in [0, 0.1) is 0 Å². The Morgan fingerprint density at radius 1 is 1.39 bits per heavy atom. The molecule has 1 aromatic carbocycles. The molecule has 1 aromatic heterocycles. The van der Waals surface area contributed by atoms with Crippen LogP contribution < -0.4 is 5.73 Å². The number of anilines is 1. The van der Waals surface area contributed by atoms with Crippen molar-refractivity contribution in [3.8, 4) is 5.69 Å². The first-order chi connectivity index (χ1) is 8.65. The number of halogens is 1. The van der Waals surface area contributed by atoms with Crippen LogP contribution in [-0.2, 0) is 4.74 Å². The fourth-order valence-electron chi connectivity index (χ4n) is 1.74. The first-order valence-corrected chi connectivity index (χ1v) is 5.92. The SMILES string of the molecule is CCOC(=O)c1c(N)cc(Cl)n1-c1ccccc1. The zero-order valence-corrected chi connectivity index (χ0v) is 10.6. The summed E-state index contributed by atoms with van der Waals surface area (Å²) in [5, 5.41) is 0.377. The number of benzene rings is 1. The van der Waals surface area contributed by atoms with E-state index in [2.05, 4.69) is 0 Å². The maximum absolute atomic E-state index is 11.9. The van der Waals surface area contributed by atoms with E-state index in [1.165, 1.54) is 0 Å². The van der Waals surface area contributed by atoms with Crippen LogP contribution >= 0.6 is 11.6 Å². The Hall–Kier alpha value is -1.94. The van der Waals surface area contributed by atoms with Crippen LogP contribution in [0.25, 0.3) is 5.69 Å². The molecule has 0 fully saturated rings. The molecule has 0 spiro atoms. The van der Waals surface area contributed by atoms with Crippen molar-refractivity contribution in [1.82, 2.24) is 4.57 Å². The van der Waals surface area contributed by atoms with Crippen LogP contribution in [-0.4, -0.2) is 17.1 Å². The van der Waals surface area contributed by atoms with E-state index in [-0.39, 0.29) is 12.3 Å². The van der Waals surface area contributed by atoms with Crippen LogP contribution in [0.2, 0.25) is 5.15 Å². The number of nitrogen functional groups attached to an aromatic ring is 1. The number of hydrogen-bond acceptors (Lipinski definition) is 3. The Morgan fingerprint density at radius 3 is 2.67 bits per heavy atom. The summed E-state index contributed by atoms with van der Waals surface area (Å²) < 4.78 is 6.56. The van der Waals surface area contributed by atoms with Crippen molar-refractivity contribution in [2.24, 2.45) is 0 Å². The number of hydrogen-bond donors (Lipinski definition) is 1. The van der Waals surface area contributed by atoms with Gasteiger partial charge in [-0.3, -0.25) is 4.57 Å². The van der Waals surface area contributed by atoms with Gasteiger partial charge in [0.1, 0.15) is 5.15 Å². The van der Waals surface area contributed by atoms with Crippen molar-refractivity contribution in [3.63, 3.8) is 0 Å². The molecule has 94 valence electrons. The second-order valence-electron chi connectivity index (χ2n) is 3.66. The molecule has 2 aromatic rings. The highest BCUT2D eigenvalue weighted by Crippen LogP contribution is 2.27. The third-order valence-electron chi connectivity index (χ3n) is 2.47. The summed E-state index contributed by atoms with van der Waals surface area (Å²) >= 11 is 6.10. The summed E-state index contributed by atoms with van der Waals surface area (Å²) in [6.45, 7) is 2.03. The van der Waals surface area contributed by atoms with Crippen molar-refractivity contribution in [1.29, 1.82) is 0 Å². The number of nitrogens with zero attached hydrogens (tertiary/aromatic N) is 1. The Bertz CT molecular complexity index is 564. The molecule has 0 unspecified atom stereocenters. The zero-order chi connectivity index (χ0) is 13.1. The molecule has 4 nitrogen and oxygen atoms in total. The number of esters is 1. The lowest BCUT2D eigenvalue weighted by molar-refractivity contribution is 0.0518. The normalized spacial score (nSPS) is 10.3. The maximum Gasteiger partial charge on any atom is 0.357 e. The van der Waals surface area contributed by atoms with Gasteiger partial charge in [0.25, 0.3) is 0 Å². The standard InChI is InChI=1S/C13H13ClN2O2/c1-2-18-13(17)12-10(15)8-11(14)16(12)9-6-4-3-5-7-9/h3-8H,2,15H2,1H3. The molecule has 0 saturated carbocycles. The van der Waals surface area contributed by atoms with Gasteiger partial charge in [0.05, 0.1) is 12.3 Å². The molecular formula is C13H13ClN2O2. The quantitative estimate of drug-likeness (QED) is 0.867. The summed E-state index contributed by atoms with van der Waals surface area (Å²) in [5.41, 5.74) is 7.14. The van der Waals surface area contributed by atoms with E-state index in [1.807, 2.05) is 30.3 Å². The van der Waals surface area contributed by atoms with Gasteiger partial charge >= 0.3 is 5.97 Å². The molecule has 0 radical (unpaired) electrons. The summed E-state index contributed by atoms with van der Waals surface area (Å²) in [4.78, 5) is 11.9. The highest BCUT2D eigenvalue weighted by atomic mass is 35.5. The van der Waals surface area contributed by atoms with Crippen molar-refractivity contribution in [2.45, 2.75) is 6.92 Å². The van der Waals surface area contributed by atoms with Gasteiger partial charge in [0, 0.05) is 5.69 Å². The van der Waals surface area contributed by atoms with Crippen LogP contribution in [0.15, 0.2) is 36.4 Å². The highest BCUT2D eigenvalue weighted by molar-refractivity contribution is 6.30. The smallest absolute Gasteiger partial charge is 0.357 e. The molecule has 0 aliphatic rings. The highest BCUT2D eigenvalue weighted by Gasteiger charge is 2.21. The van der Waals surface area contributed by atoms with Crippen molar-refractivity contribution in [2.75, 3.05) is 12.3 Å². The summed E-state index contributed by atoms with van der Waals surface area (Å²) in [7, 11) is 0. The fourth-order valence-corrected chi connectivity index (χ4v) is 2.03. The van der Waals surface area contributed by atoms with E-state index < -0.39 is 5.97 Å². The molecule has 0 amide bonds. The molecule has 0 aliphatic heterocycles. The summed E-state index contributed by atoms with van der Waals surface area (Å²) in [6.07, 6.45) is 0. The van der Waals surface area contributed by atoms with Gasteiger partial charge < -0.3 is 10.5 Å². The van der Waals surface area contributed by atoms with Crippen molar-refractivity contribution in [3.05, 3.63) is 47.2 Å². The van der Waals surface area contributed by atoms with Crippen molar-refractivity contribution >= 4 is 23.3 Å². The van der Waals surface area contributed by atoms with Gasteiger partial charge in [0.15, 0.2) is 5.69 Å². The van der Waals surface area contributed by atoms with Gasteiger partial charge in [-0.05, 0) is 25.1 Å². The van der Waals surface area contributed by atoms with Crippen molar-refractivity contribution < 1.29 is 9.53 Å². The molecule has 5 heteroatoms. The zero-order valence-electron chi connectivity index (χ0n) is 9.89. The third-order valence-corrected chi connectivity index (χ3v) is 2.75. The number of ether oxygens (including phenoxy) is 1. The topological polar surface area (TPSA) is 57.2 Å². The average Bonchev–Trinajstić information content (AvgIpc) is 2.65. The van der Waals surface area contributed by atoms with E-state index in [1.54, 1.807) is 17.6 Å². The second kappa shape index (κ2) is 5.14. The molecular weight excluding hydrogens is 252 g/mol. The van der Waals surface area contributed by atoms with Gasteiger partial charge in [-0.2, -0.15) is 0 Å². The lowest BCUT2D eigenvalue weighted by Gasteiger charge is -2.10. The van der Waals surface area contributed by atoms with Crippen LogP contribution in [0.4, 0.5) is 5.69 Å². The van der Waals surface area contributed by atoms with Crippen LogP contribution in [0.5, 0.6) is 0 Å². The number of nitrogens with two attached hydrogens (primary N) is 1. The van der Waals surface area contributed by atoms with Gasteiger partial charge in [-0.15, -0.1) is 0 Å². The van der Waals surface area contributed by atoms with E-state index in [9.17, 15) is 4.79 Å². The molecule has 0 saturated heterocycles. The van der Waals surface area contributed by atoms with Crippen LogP contribution in [0.1, 0.15) is 17.4 Å². The molecule has 0 aliphatic carbocycles. The fraction of sp³-hybridized carbons (Fsp3) is 0.154. The van der Waals surface area contributed by atoms with E-state index >= 15 is 0 Å². The minimum Gasteiger partial charge on any atom is -0.461 e. The Labute approximate surface area is 110 Å². The molecule has 1 heterocycles. The Kier molecular flexibility index (Phi) is 3.58. The molecule has 0 atom stereocenters. The lowest BCUT2D eigenvalue weighted by atomic mass is 10.3. The molecule has 2 N–H and O–H groups in total. The number of para-hydroxylation sites is 1. The monoisotopic (exact) mass is 264 g/mol. The van der Waals surface area contributed by atoms with Gasteiger partial charge in [-0.1, -0.05) is 29.8 Å². The maximum atomic E-state index is 11.9. The first-order valence-electron chi connectivity index (χ1n) is 5.54. The number of rotatable bonds is 3. The number of carbonyl (C=O) groups excluding carboxylic acids is 1. The average molecular weight is 265 g/mol. The Morgan fingerprint density at radius 2 is 2.06 bits per heavy atom. The predicted octanol–water partition coefficient (Wildman–Crippen LogP) is 2.89. The lowest BCUT2D eigenvalue weighted by Crippen LogP contribution is -2.13. The minimum atomic E-state index is -0.481. The first kappa shape index (κ1) is 12.5. The predicted molar refractivity (Wildman–Crippen MR) is 71.1 cm³/mol. The molecule has 2 rings (SSSR count). The van der Waals surface area contributed by atoms with E-state index in [0.29, 0.717) is 10.8 Å². The number of carbonyl (C=O) groups is 1. The van der Waals surface area contributed by atoms with Gasteiger partial charge in [-0.25, -0.2) is 4.79 Å². The number of aromatic nitrogens is 1. The Balaban J connectivity index is 2.57. The largest absolute Gasteiger partial charge is 0.461 e. The van der Waals surface area contributed by atoms with E-state index in [4.69, 9.17) is 22.1 Å². The van der Waals surface area contributed by atoms with Crippen LogP contribution in [0.3, 0.4) is 0 Å². The second-order valence-corrected chi connectivity index (χ2v) is 4.05. The summed E-state index contributed by atoms with van der Waals surface area (Å²) in [6, 6.07) is 10.8. The molecule has 18 heavy (non-hydrogen) atoms. The van der Waals surface area contributed by atoms with Gasteiger partial charge in [0.2, 0.25) is 0 Å². The summed E-state index contributed by atoms with van der Waals surface area (Å²) in [5.74, 6) is -0.481. The third kappa shape index (κ3) is 2.19.